The average Bonchev–Trinajstić information content (AvgIpc) is 2.84. The fourth-order valence-corrected chi connectivity index (χ4v) is 1.81. The van der Waals surface area contributed by atoms with Crippen LogP contribution in [-0.2, 0) is 14.3 Å². The predicted octanol–water partition coefficient (Wildman–Crippen LogP) is 0.992. The minimum absolute atomic E-state index is 0.0125. The van der Waals surface area contributed by atoms with E-state index in [0.717, 1.165) is 0 Å². The molecule has 1 saturated heterocycles. The van der Waals surface area contributed by atoms with Gasteiger partial charge in [-0.05, 0) is 19.1 Å². The average molecular weight is 279 g/mol. The lowest BCUT2D eigenvalue weighted by molar-refractivity contribution is -0.160. The van der Waals surface area contributed by atoms with E-state index in [9.17, 15) is 9.59 Å². The molecule has 0 aliphatic carbocycles. The first-order valence-electron chi connectivity index (χ1n) is 6.26. The van der Waals surface area contributed by atoms with Gasteiger partial charge in [0.1, 0.15) is 0 Å². The van der Waals surface area contributed by atoms with Gasteiger partial charge < -0.3 is 14.8 Å². The quantitative estimate of drug-likeness (QED) is 0.720. The van der Waals surface area contributed by atoms with Crippen LogP contribution in [0.3, 0.4) is 0 Å². The van der Waals surface area contributed by atoms with Crippen LogP contribution in [0.4, 0.5) is 10.5 Å². The summed E-state index contributed by atoms with van der Waals surface area (Å²) in [6.45, 7) is 2.61. The number of amides is 3. The molecule has 7 heteroatoms. The van der Waals surface area contributed by atoms with Crippen molar-refractivity contribution in [1.29, 1.82) is 0 Å². The molecule has 1 aromatic rings. The van der Waals surface area contributed by atoms with Crippen molar-refractivity contribution in [2.75, 3.05) is 18.5 Å². The Morgan fingerprint density at radius 2 is 1.80 bits per heavy atom. The van der Waals surface area contributed by atoms with Crippen LogP contribution in [0.2, 0.25) is 0 Å². The number of hydrogen-bond donors (Lipinski definition) is 3. The molecule has 0 atom stereocenters. The molecule has 0 spiro atoms. The summed E-state index contributed by atoms with van der Waals surface area (Å²) in [6, 6.07) is 8.38. The molecule has 108 valence electrons. The number of hydrazine groups is 1. The van der Waals surface area contributed by atoms with Gasteiger partial charge in [-0.15, -0.1) is 0 Å². The molecule has 20 heavy (non-hydrogen) atoms. The third kappa shape index (κ3) is 4.22. The summed E-state index contributed by atoms with van der Waals surface area (Å²) >= 11 is 0. The molecule has 1 heterocycles. The van der Waals surface area contributed by atoms with Crippen molar-refractivity contribution >= 4 is 17.6 Å². The summed E-state index contributed by atoms with van der Waals surface area (Å²) in [6.07, 6.45) is 0.0125. The molecule has 3 amide bonds. The van der Waals surface area contributed by atoms with Gasteiger partial charge in [0.15, 0.2) is 5.79 Å². The molecule has 7 nitrogen and oxygen atoms in total. The van der Waals surface area contributed by atoms with Gasteiger partial charge in [-0.25, -0.2) is 10.2 Å². The van der Waals surface area contributed by atoms with Gasteiger partial charge in [0.25, 0.3) is 0 Å². The van der Waals surface area contributed by atoms with E-state index in [4.69, 9.17) is 9.47 Å². The van der Waals surface area contributed by atoms with Crippen LogP contribution in [0.15, 0.2) is 30.3 Å². The molecule has 0 unspecified atom stereocenters. The van der Waals surface area contributed by atoms with E-state index in [1.165, 1.54) is 0 Å². The normalized spacial score (nSPS) is 16.4. The number of nitrogens with one attached hydrogen (secondary N) is 3. The number of anilines is 1. The molecule has 0 bridgehead atoms. The second-order valence-corrected chi connectivity index (χ2v) is 4.50. The van der Waals surface area contributed by atoms with E-state index in [-0.39, 0.29) is 6.42 Å². The molecular weight excluding hydrogens is 262 g/mol. The van der Waals surface area contributed by atoms with Gasteiger partial charge in [-0.2, -0.15) is 0 Å². The summed E-state index contributed by atoms with van der Waals surface area (Å²) in [5.74, 6) is -1.31. The minimum Gasteiger partial charge on any atom is -0.347 e. The lowest BCUT2D eigenvalue weighted by atomic mass is 10.2. The van der Waals surface area contributed by atoms with Crippen molar-refractivity contribution in [3.05, 3.63) is 30.3 Å². The Hall–Kier alpha value is -2.12. The molecule has 3 N–H and O–H groups in total. The number of para-hydroxylation sites is 1. The highest BCUT2D eigenvalue weighted by Crippen LogP contribution is 2.21. The van der Waals surface area contributed by atoms with Crippen LogP contribution in [0, 0.1) is 0 Å². The summed E-state index contributed by atoms with van der Waals surface area (Å²) in [4.78, 5) is 23.2. The number of benzene rings is 1. The molecular formula is C13H17N3O4. The van der Waals surface area contributed by atoms with Gasteiger partial charge in [0.05, 0.1) is 19.6 Å². The van der Waals surface area contributed by atoms with Crippen LogP contribution in [0.5, 0.6) is 0 Å². The topological polar surface area (TPSA) is 88.7 Å². The number of hydrogen-bond acceptors (Lipinski definition) is 4. The third-order valence-corrected chi connectivity index (χ3v) is 2.73. The number of carbonyl (C=O) groups excluding carboxylic acids is 2. The molecule has 0 saturated carbocycles. The summed E-state index contributed by atoms with van der Waals surface area (Å²) in [7, 11) is 0. The maximum Gasteiger partial charge on any atom is 0.337 e. The zero-order valence-corrected chi connectivity index (χ0v) is 11.1. The highest BCUT2D eigenvalue weighted by molar-refractivity contribution is 5.90. The molecule has 0 aromatic heterocycles. The minimum atomic E-state index is -0.915. The Kier molecular flexibility index (Phi) is 4.54. The summed E-state index contributed by atoms with van der Waals surface area (Å²) in [5, 5.41) is 2.57. The first kappa shape index (κ1) is 14.3. The summed E-state index contributed by atoms with van der Waals surface area (Å²) in [5.41, 5.74) is 5.19. The van der Waals surface area contributed by atoms with E-state index >= 15 is 0 Å². The molecule has 1 aliphatic heterocycles. The standard InChI is InChI=1S/C13H17N3O4/c1-13(19-7-8-20-13)9-11(17)15-16-12(18)14-10-5-3-2-4-6-10/h2-6H,7-9H2,1H3,(H,15,17)(H2,14,16,18). The van der Waals surface area contributed by atoms with Crippen LogP contribution >= 0.6 is 0 Å². The molecule has 1 aromatic carbocycles. The second kappa shape index (κ2) is 6.36. The lowest BCUT2D eigenvalue weighted by Gasteiger charge is -2.21. The molecule has 2 rings (SSSR count). The molecule has 1 fully saturated rings. The Balaban J connectivity index is 1.72. The summed E-state index contributed by atoms with van der Waals surface area (Å²) < 4.78 is 10.6. The van der Waals surface area contributed by atoms with Gasteiger partial charge in [-0.3, -0.25) is 10.2 Å². The Labute approximate surface area is 116 Å². The lowest BCUT2D eigenvalue weighted by Crippen LogP contribution is -2.46. The monoisotopic (exact) mass is 279 g/mol. The van der Waals surface area contributed by atoms with Crippen molar-refractivity contribution < 1.29 is 19.1 Å². The van der Waals surface area contributed by atoms with Gasteiger partial charge in [-0.1, -0.05) is 18.2 Å². The Morgan fingerprint density at radius 1 is 1.15 bits per heavy atom. The van der Waals surface area contributed by atoms with Crippen molar-refractivity contribution in [3.8, 4) is 0 Å². The molecule has 1 aliphatic rings. The predicted molar refractivity (Wildman–Crippen MR) is 71.7 cm³/mol. The van der Waals surface area contributed by atoms with Crippen LogP contribution in [0.25, 0.3) is 0 Å². The third-order valence-electron chi connectivity index (χ3n) is 2.73. The van der Waals surface area contributed by atoms with Gasteiger partial charge in [0, 0.05) is 5.69 Å². The van der Waals surface area contributed by atoms with Crippen LogP contribution in [0.1, 0.15) is 13.3 Å². The highest BCUT2D eigenvalue weighted by Gasteiger charge is 2.33. The molecule has 0 radical (unpaired) electrons. The Bertz CT molecular complexity index is 472. The van der Waals surface area contributed by atoms with E-state index in [0.29, 0.717) is 18.9 Å². The highest BCUT2D eigenvalue weighted by atomic mass is 16.7. The van der Waals surface area contributed by atoms with Crippen molar-refractivity contribution in [1.82, 2.24) is 10.9 Å². The smallest absolute Gasteiger partial charge is 0.337 e. The number of urea groups is 1. The van der Waals surface area contributed by atoms with Gasteiger partial charge in [0.2, 0.25) is 5.91 Å². The van der Waals surface area contributed by atoms with E-state index in [2.05, 4.69) is 16.2 Å². The number of rotatable bonds is 3. The fourth-order valence-electron chi connectivity index (χ4n) is 1.81. The van der Waals surface area contributed by atoms with Crippen molar-refractivity contribution in [2.24, 2.45) is 0 Å². The Morgan fingerprint density at radius 3 is 2.45 bits per heavy atom. The van der Waals surface area contributed by atoms with Crippen LogP contribution in [-0.4, -0.2) is 30.9 Å². The second-order valence-electron chi connectivity index (χ2n) is 4.50. The van der Waals surface area contributed by atoms with Crippen LogP contribution < -0.4 is 16.2 Å². The van der Waals surface area contributed by atoms with E-state index in [1.807, 2.05) is 6.07 Å². The number of carbonyl (C=O) groups is 2. The van der Waals surface area contributed by atoms with E-state index < -0.39 is 17.7 Å². The first-order chi connectivity index (χ1) is 9.57. The zero-order valence-electron chi connectivity index (χ0n) is 11.1. The number of ether oxygens (including phenoxy) is 2. The van der Waals surface area contributed by atoms with Crippen molar-refractivity contribution in [3.63, 3.8) is 0 Å². The SMILES string of the molecule is CC1(CC(=O)NNC(=O)Nc2ccccc2)OCCO1. The van der Waals surface area contributed by atoms with Crippen molar-refractivity contribution in [2.45, 2.75) is 19.1 Å². The maximum absolute atomic E-state index is 11.6. The first-order valence-corrected chi connectivity index (χ1v) is 6.26. The largest absolute Gasteiger partial charge is 0.347 e. The fraction of sp³-hybridized carbons (Fsp3) is 0.385. The zero-order chi connectivity index (χ0) is 14.4. The van der Waals surface area contributed by atoms with E-state index in [1.54, 1.807) is 31.2 Å². The maximum atomic E-state index is 11.6. The van der Waals surface area contributed by atoms with Gasteiger partial charge >= 0.3 is 6.03 Å².